The van der Waals surface area contributed by atoms with E-state index in [1.807, 2.05) is 38.1 Å². The van der Waals surface area contributed by atoms with Crippen LogP contribution in [0.1, 0.15) is 46.6 Å². The fourth-order valence-electron chi connectivity index (χ4n) is 1.90. The molecule has 0 N–H and O–H groups in total. The van der Waals surface area contributed by atoms with Crippen molar-refractivity contribution in [2.24, 2.45) is 10.6 Å². The largest absolute Gasteiger partial charge is 0.494 e. The maximum Gasteiger partial charge on any atom is 0.201 e. The van der Waals surface area contributed by atoms with E-state index < -0.39 is 0 Å². The zero-order chi connectivity index (χ0) is 17.6. The summed E-state index contributed by atoms with van der Waals surface area (Å²) in [4.78, 5) is 9.39. The van der Waals surface area contributed by atoms with Crippen LogP contribution in [0, 0.1) is 5.41 Å². The van der Waals surface area contributed by atoms with E-state index in [2.05, 4.69) is 36.0 Å². The first kappa shape index (κ1) is 18.0. The van der Waals surface area contributed by atoms with Gasteiger partial charge >= 0.3 is 0 Å². The molecule has 0 bridgehead atoms. The van der Waals surface area contributed by atoms with Gasteiger partial charge in [-0.15, -0.1) is 0 Å². The molecule has 1 aromatic carbocycles. The minimum atomic E-state index is -0.0188. The van der Waals surface area contributed by atoms with Crippen molar-refractivity contribution in [3.63, 3.8) is 0 Å². The zero-order valence-electron chi connectivity index (χ0n) is 15.1. The van der Waals surface area contributed by atoms with E-state index in [-0.39, 0.29) is 11.5 Å². The Hall–Kier alpha value is -2.37. The maximum absolute atomic E-state index is 5.87. The lowest BCUT2D eigenvalue weighted by atomic mass is 9.93. The maximum atomic E-state index is 5.87. The van der Waals surface area contributed by atoms with Gasteiger partial charge in [-0.2, -0.15) is 9.78 Å². The quantitative estimate of drug-likeness (QED) is 0.460. The summed E-state index contributed by atoms with van der Waals surface area (Å²) in [5.74, 6) is 1.37. The summed E-state index contributed by atoms with van der Waals surface area (Å²) in [5, 5.41) is 8.37. The summed E-state index contributed by atoms with van der Waals surface area (Å²) >= 11 is 0. The van der Waals surface area contributed by atoms with E-state index >= 15 is 0 Å². The fourth-order valence-corrected chi connectivity index (χ4v) is 1.90. The van der Waals surface area contributed by atoms with Crippen molar-refractivity contribution in [3.05, 3.63) is 42.5 Å². The molecule has 0 radical (unpaired) electrons. The Kier molecular flexibility index (Phi) is 5.95. The molecule has 6 nitrogen and oxygen atoms in total. The van der Waals surface area contributed by atoms with Gasteiger partial charge in [-0.05, 0) is 37.8 Å². The number of hydrogen-bond acceptors (Lipinski definition) is 5. The molecule has 0 atom stereocenters. The van der Waals surface area contributed by atoms with Crippen molar-refractivity contribution in [3.8, 4) is 5.75 Å². The van der Waals surface area contributed by atoms with Crippen LogP contribution < -0.4 is 4.74 Å². The highest BCUT2D eigenvalue weighted by Crippen LogP contribution is 2.20. The molecule has 0 saturated heterocycles. The van der Waals surface area contributed by atoms with E-state index in [1.54, 1.807) is 11.0 Å². The normalized spacial score (nSPS) is 12.5. The van der Waals surface area contributed by atoms with Crippen molar-refractivity contribution in [1.29, 1.82) is 0 Å². The molecule has 0 saturated carbocycles. The minimum Gasteiger partial charge on any atom is -0.494 e. The van der Waals surface area contributed by atoms with Crippen LogP contribution in [0.2, 0.25) is 0 Å². The van der Waals surface area contributed by atoms with Crippen LogP contribution >= 0.6 is 0 Å². The number of nitrogens with zero attached hydrogens (tertiary/aromatic N) is 4. The summed E-state index contributed by atoms with van der Waals surface area (Å²) in [6.07, 6.45) is 4.02. The number of aromatic nitrogens is 3. The molecular weight excluding hydrogens is 304 g/mol. The Labute approximate surface area is 143 Å². The first-order valence-corrected chi connectivity index (χ1v) is 8.17. The highest BCUT2D eigenvalue weighted by Gasteiger charge is 2.12. The Morgan fingerprint density at radius 2 is 2.08 bits per heavy atom. The second kappa shape index (κ2) is 7.95. The van der Waals surface area contributed by atoms with E-state index in [0.717, 1.165) is 17.7 Å². The van der Waals surface area contributed by atoms with Crippen LogP contribution in [0.15, 0.2) is 42.1 Å². The first-order valence-electron chi connectivity index (χ1n) is 8.17. The van der Waals surface area contributed by atoms with Crippen molar-refractivity contribution in [2.75, 3.05) is 6.61 Å². The number of hydrogen-bond donors (Lipinski definition) is 0. The third-order valence-corrected chi connectivity index (χ3v) is 3.20. The van der Waals surface area contributed by atoms with Gasteiger partial charge in [0.25, 0.3) is 0 Å². The van der Waals surface area contributed by atoms with Gasteiger partial charge < -0.3 is 9.57 Å². The Morgan fingerprint density at radius 1 is 1.29 bits per heavy atom. The lowest BCUT2D eigenvalue weighted by molar-refractivity contribution is 0.0851. The van der Waals surface area contributed by atoms with Gasteiger partial charge in [0.2, 0.25) is 5.84 Å². The molecule has 1 aromatic heterocycles. The molecule has 0 spiro atoms. The lowest BCUT2D eigenvalue weighted by Gasteiger charge is -2.18. The van der Waals surface area contributed by atoms with Crippen molar-refractivity contribution >= 4 is 5.84 Å². The molecule has 0 unspecified atom stereocenters. The van der Waals surface area contributed by atoms with Crippen LogP contribution in [-0.2, 0) is 4.84 Å². The van der Waals surface area contributed by atoms with Crippen LogP contribution in [0.25, 0.3) is 0 Å². The number of oxime groups is 1. The van der Waals surface area contributed by atoms with E-state index in [0.29, 0.717) is 12.4 Å². The highest BCUT2D eigenvalue weighted by atomic mass is 16.6. The molecule has 1 heterocycles. The van der Waals surface area contributed by atoms with Gasteiger partial charge in [0.15, 0.2) is 0 Å². The molecule has 0 amide bonds. The van der Waals surface area contributed by atoms with Crippen LogP contribution in [0.5, 0.6) is 5.75 Å². The third-order valence-electron chi connectivity index (χ3n) is 3.20. The lowest BCUT2D eigenvalue weighted by Crippen LogP contribution is -2.16. The second-order valence-corrected chi connectivity index (χ2v) is 7.10. The molecule has 6 heteroatoms. The number of benzene rings is 1. The van der Waals surface area contributed by atoms with Crippen LogP contribution in [-0.4, -0.2) is 33.3 Å². The Balaban J connectivity index is 2.18. The van der Waals surface area contributed by atoms with Crippen LogP contribution in [0.4, 0.5) is 0 Å². The third kappa shape index (κ3) is 5.68. The SMILES string of the molecule is CC(C)ON=C(c1cccc(OCCC(C)(C)C)c1)n1cncn1. The number of rotatable bonds is 6. The predicted octanol–water partition coefficient (Wildman–Crippen LogP) is 3.73. The average molecular weight is 330 g/mol. The minimum absolute atomic E-state index is 0.0188. The second-order valence-electron chi connectivity index (χ2n) is 7.10. The Bertz CT molecular complexity index is 658. The molecule has 24 heavy (non-hydrogen) atoms. The fraction of sp³-hybridized carbons (Fsp3) is 0.500. The van der Waals surface area contributed by atoms with Crippen molar-refractivity contribution in [2.45, 2.75) is 47.1 Å². The summed E-state index contributed by atoms with van der Waals surface area (Å²) in [7, 11) is 0. The molecular formula is C18H26N4O2. The standard InChI is InChI=1S/C18H26N4O2/c1-14(2)24-21-17(22-13-19-12-20-22)15-7-6-8-16(11-15)23-10-9-18(3,4)5/h6-8,11-14H,9-10H2,1-5H3. The Morgan fingerprint density at radius 3 is 2.71 bits per heavy atom. The molecule has 0 aliphatic rings. The molecule has 2 rings (SSSR count). The molecule has 130 valence electrons. The number of ether oxygens (including phenoxy) is 1. The van der Waals surface area contributed by atoms with E-state index in [4.69, 9.17) is 9.57 Å². The smallest absolute Gasteiger partial charge is 0.201 e. The summed E-state index contributed by atoms with van der Waals surface area (Å²) in [6, 6.07) is 7.76. The van der Waals surface area contributed by atoms with Gasteiger partial charge in [0, 0.05) is 5.56 Å². The van der Waals surface area contributed by atoms with Gasteiger partial charge in [-0.25, -0.2) is 4.98 Å². The van der Waals surface area contributed by atoms with Crippen molar-refractivity contribution in [1.82, 2.24) is 14.8 Å². The zero-order valence-corrected chi connectivity index (χ0v) is 15.1. The van der Waals surface area contributed by atoms with E-state index in [1.165, 1.54) is 6.33 Å². The van der Waals surface area contributed by atoms with Gasteiger partial charge in [0.05, 0.1) is 6.61 Å². The molecule has 2 aromatic rings. The molecule has 0 fully saturated rings. The van der Waals surface area contributed by atoms with Gasteiger partial charge in [0.1, 0.15) is 24.5 Å². The average Bonchev–Trinajstić information content (AvgIpc) is 3.00. The summed E-state index contributed by atoms with van der Waals surface area (Å²) in [6.45, 7) is 11.1. The van der Waals surface area contributed by atoms with Gasteiger partial charge in [-0.1, -0.05) is 38.1 Å². The summed E-state index contributed by atoms with van der Waals surface area (Å²) in [5.41, 5.74) is 1.10. The topological polar surface area (TPSA) is 61.5 Å². The predicted molar refractivity (Wildman–Crippen MR) is 94.2 cm³/mol. The van der Waals surface area contributed by atoms with Crippen LogP contribution in [0.3, 0.4) is 0 Å². The van der Waals surface area contributed by atoms with E-state index in [9.17, 15) is 0 Å². The monoisotopic (exact) mass is 330 g/mol. The summed E-state index contributed by atoms with van der Waals surface area (Å²) < 4.78 is 7.45. The molecule has 0 aliphatic heterocycles. The first-order chi connectivity index (χ1) is 11.3. The van der Waals surface area contributed by atoms with Crippen molar-refractivity contribution < 1.29 is 9.57 Å². The molecule has 0 aliphatic carbocycles. The van der Waals surface area contributed by atoms with Gasteiger partial charge in [-0.3, -0.25) is 0 Å². The highest BCUT2D eigenvalue weighted by molar-refractivity contribution is 5.99.